The second-order valence-electron chi connectivity index (χ2n) is 2.57. The van der Waals surface area contributed by atoms with Gasteiger partial charge in [0.15, 0.2) is 0 Å². The zero-order chi connectivity index (χ0) is 10.6. The van der Waals surface area contributed by atoms with Crippen molar-refractivity contribution in [2.75, 3.05) is 25.3 Å². The molecule has 0 aliphatic heterocycles. The number of methoxy groups -OCH3 is 2. The topological polar surface area (TPSA) is 73.6 Å². The van der Waals surface area contributed by atoms with Gasteiger partial charge in [0.1, 0.15) is 5.75 Å². The highest BCUT2D eigenvalue weighted by atomic mass is 16.5. The molecule has 0 spiro atoms. The summed E-state index contributed by atoms with van der Waals surface area (Å²) in [6.45, 7) is 0. The molecule has 0 radical (unpaired) electrons. The Morgan fingerprint density at radius 2 is 2.14 bits per heavy atom. The van der Waals surface area contributed by atoms with Gasteiger partial charge in [0.2, 0.25) is 0 Å². The van der Waals surface area contributed by atoms with Crippen LogP contribution in [0.4, 0.5) is 16.2 Å². The highest BCUT2D eigenvalue weighted by molar-refractivity contribution is 5.85. The number of carbonyl (C=O) groups is 1. The van der Waals surface area contributed by atoms with Gasteiger partial charge in [0.05, 0.1) is 19.9 Å². The van der Waals surface area contributed by atoms with Crippen LogP contribution in [0.15, 0.2) is 18.2 Å². The molecule has 76 valence electrons. The lowest BCUT2D eigenvalue weighted by atomic mass is 10.2. The van der Waals surface area contributed by atoms with Crippen LogP contribution in [0.5, 0.6) is 5.75 Å². The quantitative estimate of drug-likeness (QED) is 0.702. The number of ether oxygens (including phenoxy) is 2. The molecule has 0 saturated carbocycles. The first-order chi connectivity index (χ1) is 6.67. The molecule has 0 unspecified atom stereocenters. The summed E-state index contributed by atoms with van der Waals surface area (Å²) in [6, 6.07) is 4.93. The Kier molecular flexibility index (Phi) is 3.17. The Hall–Kier alpha value is -1.91. The van der Waals surface area contributed by atoms with Crippen molar-refractivity contribution < 1.29 is 14.3 Å². The zero-order valence-corrected chi connectivity index (χ0v) is 8.03. The molecule has 0 saturated heterocycles. The maximum absolute atomic E-state index is 10.8. The molecule has 0 fully saturated rings. The summed E-state index contributed by atoms with van der Waals surface area (Å²) in [5.41, 5.74) is 6.66. The van der Waals surface area contributed by atoms with E-state index in [2.05, 4.69) is 10.1 Å². The van der Waals surface area contributed by atoms with Crippen LogP contribution >= 0.6 is 0 Å². The fraction of sp³-hybridized carbons (Fsp3) is 0.222. The maximum atomic E-state index is 10.8. The molecular formula is C9H12N2O3. The molecular weight excluding hydrogens is 184 g/mol. The van der Waals surface area contributed by atoms with Crippen LogP contribution in [0.1, 0.15) is 0 Å². The number of hydrogen-bond acceptors (Lipinski definition) is 4. The van der Waals surface area contributed by atoms with Gasteiger partial charge in [-0.3, -0.25) is 5.32 Å². The van der Waals surface area contributed by atoms with E-state index in [1.165, 1.54) is 14.2 Å². The van der Waals surface area contributed by atoms with Gasteiger partial charge < -0.3 is 15.2 Å². The predicted octanol–water partition coefficient (Wildman–Crippen LogP) is 1.46. The highest BCUT2D eigenvalue weighted by Gasteiger charge is 2.03. The largest absolute Gasteiger partial charge is 0.495 e. The minimum atomic E-state index is -0.533. The van der Waals surface area contributed by atoms with Gasteiger partial charge in [0.25, 0.3) is 0 Å². The molecule has 1 amide bonds. The van der Waals surface area contributed by atoms with E-state index in [-0.39, 0.29) is 0 Å². The normalized spacial score (nSPS) is 9.29. The summed E-state index contributed by atoms with van der Waals surface area (Å²) in [6.07, 6.45) is -0.533. The van der Waals surface area contributed by atoms with E-state index < -0.39 is 6.09 Å². The summed E-state index contributed by atoms with van der Waals surface area (Å²) < 4.78 is 9.39. The van der Waals surface area contributed by atoms with Gasteiger partial charge >= 0.3 is 6.09 Å². The lowest BCUT2D eigenvalue weighted by molar-refractivity contribution is 0.187. The summed E-state index contributed by atoms with van der Waals surface area (Å²) >= 11 is 0. The lowest BCUT2D eigenvalue weighted by Crippen LogP contribution is -2.11. The summed E-state index contributed by atoms with van der Waals surface area (Å²) in [4.78, 5) is 10.8. The maximum Gasteiger partial charge on any atom is 0.411 e. The highest BCUT2D eigenvalue weighted by Crippen LogP contribution is 2.24. The predicted molar refractivity (Wildman–Crippen MR) is 53.4 cm³/mol. The SMILES string of the molecule is COC(=O)Nc1ccc(OC)c(N)c1. The van der Waals surface area contributed by atoms with Crippen molar-refractivity contribution in [3.8, 4) is 5.75 Å². The number of carbonyl (C=O) groups excluding carboxylic acids is 1. The van der Waals surface area contributed by atoms with E-state index in [9.17, 15) is 4.79 Å². The first kappa shape index (κ1) is 10.2. The Morgan fingerprint density at radius 1 is 1.43 bits per heavy atom. The van der Waals surface area contributed by atoms with Crippen LogP contribution in [0, 0.1) is 0 Å². The molecule has 5 heteroatoms. The molecule has 5 nitrogen and oxygen atoms in total. The molecule has 3 N–H and O–H groups in total. The van der Waals surface area contributed by atoms with Crippen molar-refractivity contribution in [2.45, 2.75) is 0 Å². The first-order valence-corrected chi connectivity index (χ1v) is 3.96. The van der Waals surface area contributed by atoms with Crippen molar-refractivity contribution in [1.29, 1.82) is 0 Å². The number of nitrogen functional groups attached to an aromatic ring is 1. The fourth-order valence-corrected chi connectivity index (χ4v) is 0.981. The van der Waals surface area contributed by atoms with Crippen molar-refractivity contribution in [3.63, 3.8) is 0 Å². The Labute approximate surface area is 81.8 Å². The minimum Gasteiger partial charge on any atom is -0.495 e. The van der Waals surface area contributed by atoms with E-state index in [1.807, 2.05) is 0 Å². The van der Waals surface area contributed by atoms with Crippen LogP contribution in [-0.4, -0.2) is 20.3 Å². The average molecular weight is 196 g/mol. The number of nitrogens with two attached hydrogens (primary N) is 1. The average Bonchev–Trinajstić information content (AvgIpc) is 2.18. The standard InChI is InChI=1S/C9H12N2O3/c1-13-8-4-3-6(5-7(8)10)11-9(12)14-2/h3-5H,10H2,1-2H3,(H,11,12). The Morgan fingerprint density at radius 3 is 2.64 bits per heavy atom. The van der Waals surface area contributed by atoms with E-state index in [0.717, 1.165) is 0 Å². The van der Waals surface area contributed by atoms with Crippen molar-refractivity contribution in [2.24, 2.45) is 0 Å². The number of hydrogen-bond donors (Lipinski definition) is 2. The fourth-order valence-electron chi connectivity index (χ4n) is 0.981. The van der Waals surface area contributed by atoms with Crippen LogP contribution in [0.2, 0.25) is 0 Å². The molecule has 0 aromatic heterocycles. The van der Waals surface area contributed by atoms with Crippen molar-refractivity contribution >= 4 is 17.5 Å². The van der Waals surface area contributed by atoms with Gasteiger partial charge in [-0.1, -0.05) is 0 Å². The summed E-state index contributed by atoms with van der Waals surface area (Å²) in [5, 5.41) is 2.49. The monoisotopic (exact) mass is 196 g/mol. The molecule has 0 aliphatic rings. The Bertz CT molecular complexity index is 339. The van der Waals surface area contributed by atoms with E-state index in [4.69, 9.17) is 10.5 Å². The Balaban J connectivity index is 2.81. The van der Waals surface area contributed by atoms with E-state index in [1.54, 1.807) is 18.2 Å². The number of rotatable bonds is 2. The molecule has 1 aromatic carbocycles. The minimum absolute atomic E-state index is 0.460. The van der Waals surface area contributed by atoms with E-state index in [0.29, 0.717) is 17.1 Å². The molecule has 0 atom stereocenters. The van der Waals surface area contributed by atoms with Crippen LogP contribution < -0.4 is 15.8 Å². The van der Waals surface area contributed by atoms with Gasteiger partial charge in [-0.25, -0.2) is 4.79 Å². The van der Waals surface area contributed by atoms with Crippen molar-refractivity contribution in [3.05, 3.63) is 18.2 Å². The smallest absolute Gasteiger partial charge is 0.411 e. The molecule has 0 aliphatic carbocycles. The second kappa shape index (κ2) is 4.36. The third-order valence-corrected chi connectivity index (χ3v) is 1.66. The summed E-state index contributed by atoms with van der Waals surface area (Å²) in [7, 11) is 2.82. The van der Waals surface area contributed by atoms with Crippen LogP contribution in [0.3, 0.4) is 0 Å². The third kappa shape index (κ3) is 2.29. The van der Waals surface area contributed by atoms with Crippen LogP contribution in [0.25, 0.3) is 0 Å². The van der Waals surface area contributed by atoms with E-state index >= 15 is 0 Å². The summed E-state index contributed by atoms with van der Waals surface area (Å²) in [5.74, 6) is 0.570. The third-order valence-electron chi connectivity index (χ3n) is 1.66. The lowest BCUT2D eigenvalue weighted by Gasteiger charge is -2.07. The van der Waals surface area contributed by atoms with Gasteiger partial charge in [0, 0.05) is 5.69 Å². The first-order valence-electron chi connectivity index (χ1n) is 3.96. The zero-order valence-electron chi connectivity index (χ0n) is 8.03. The van der Waals surface area contributed by atoms with Gasteiger partial charge in [-0.2, -0.15) is 0 Å². The molecule has 0 heterocycles. The second-order valence-corrected chi connectivity index (χ2v) is 2.57. The molecule has 14 heavy (non-hydrogen) atoms. The van der Waals surface area contributed by atoms with Gasteiger partial charge in [-0.05, 0) is 18.2 Å². The number of benzene rings is 1. The van der Waals surface area contributed by atoms with Crippen molar-refractivity contribution in [1.82, 2.24) is 0 Å². The number of amides is 1. The number of anilines is 2. The molecule has 1 rings (SSSR count). The van der Waals surface area contributed by atoms with Crippen LogP contribution in [-0.2, 0) is 4.74 Å². The van der Waals surface area contributed by atoms with Gasteiger partial charge in [-0.15, -0.1) is 0 Å². The molecule has 0 bridgehead atoms. The number of nitrogens with one attached hydrogen (secondary N) is 1. The molecule has 1 aromatic rings.